The summed E-state index contributed by atoms with van der Waals surface area (Å²) in [4.78, 5) is 59.5. The number of fused-ring (bicyclic) bond motifs is 2. The van der Waals surface area contributed by atoms with Crippen molar-refractivity contribution in [2.24, 2.45) is 34.0 Å². The Hall–Kier alpha value is -6.09. The van der Waals surface area contributed by atoms with E-state index in [1.807, 2.05) is 105 Å². The fourth-order valence-electron chi connectivity index (χ4n) is 7.64. The number of rotatable bonds is 26. The zero-order valence-corrected chi connectivity index (χ0v) is 41.2. The van der Waals surface area contributed by atoms with Crippen LogP contribution in [0.2, 0.25) is 0 Å². The number of amides is 3. The van der Waals surface area contributed by atoms with Gasteiger partial charge in [-0.15, -0.1) is 24.8 Å². The molecule has 16 heteroatoms. The number of esters is 1. The van der Waals surface area contributed by atoms with Gasteiger partial charge in [0.05, 0.1) is 6.61 Å². The molecular formula is C52H69Cl2N7O7. The minimum absolute atomic E-state index is 0. The second-order valence-corrected chi connectivity index (χ2v) is 17.3. The van der Waals surface area contributed by atoms with E-state index in [1.165, 1.54) is 0 Å². The number of guanidine groups is 1. The molecule has 0 fully saturated rings. The first-order valence-electron chi connectivity index (χ1n) is 23.0. The Morgan fingerprint density at radius 3 is 1.72 bits per heavy atom. The third kappa shape index (κ3) is 17.2. The summed E-state index contributed by atoms with van der Waals surface area (Å²) in [6.45, 7) is 8.92. The molecule has 68 heavy (non-hydrogen) atoms. The molecule has 368 valence electrons. The number of hydrogen-bond donors (Lipinski definition) is 6. The molecule has 9 N–H and O–H groups in total. The van der Waals surface area contributed by atoms with Crippen LogP contribution in [-0.2, 0) is 30.5 Å². The number of nitrogens with one attached hydrogen (secondary N) is 3. The number of halogens is 2. The molecule has 0 bridgehead atoms. The topological polar surface area (TPSA) is 222 Å². The van der Waals surface area contributed by atoms with Crippen LogP contribution in [0.4, 0.5) is 0 Å². The number of carbonyl (C=O) groups is 4. The molecule has 0 heterocycles. The molecule has 0 aliphatic rings. The van der Waals surface area contributed by atoms with E-state index in [9.17, 15) is 19.2 Å². The number of hydrogen-bond acceptors (Lipinski definition) is 9. The number of nitrogens with zero attached hydrogens (tertiary/aromatic N) is 1. The summed E-state index contributed by atoms with van der Waals surface area (Å²) in [5.41, 5.74) is 19.4. The molecule has 0 aliphatic heterocycles. The zero-order chi connectivity index (χ0) is 47.4. The van der Waals surface area contributed by atoms with Crippen molar-refractivity contribution in [2.45, 2.75) is 97.4 Å². The molecule has 0 unspecified atom stereocenters. The van der Waals surface area contributed by atoms with Crippen molar-refractivity contribution >= 4 is 76.0 Å². The van der Waals surface area contributed by atoms with E-state index in [2.05, 4.69) is 46.9 Å². The van der Waals surface area contributed by atoms with Gasteiger partial charge in [0.1, 0.15) is 36.2 Å². The Kier molecular flexibility index (Phi) is 23.9. The maximum absolute atomic E-state index is 14.2. The Balaban J connectivity index is 0.00000612. The second-order valence-electron chi connectivity index (χ2n) is 17.3. The van der Waals surface area contributed by atoms with E-state index in [0.29, 0.717) is 56.3 Å². The van der Waals surface area contributed by atoms with Crippen molar-refractivity contribution in [3.05, 3.63) is 109 Å². The van der Waals surface area contributed by atoms with Crippen LogP contribution in [0.15, 0.2) is 108 Å². The number of nitrogens with two attached hydrogens (primary N) is 3. The van der Waals surface area contributed by atoms with Gasteiger partial charge in [0, 0.05) is 17.7 Å². The number of unbranched alkanes of at least 4 members (excludes halogenated alkanes) is 1. The average Bonchev–Trinajstić information content (AvgIpc) is 3.30. The molecule has 0 saturated heterocycles. The summed E-state index contributed by atoms with van der Waals surface area (Å²) in [5.74, 6) is -0.763. The second kappa shape index (κ2) is 28.9. The standard InChI is InChI=1S/C52H67N7O7.2ClH/c1-34(2)27-30-64-44-25-23-37-17-8-10-19-39(37)47(44)48-40-20-11-9-18-38(40)24-26-45(48)65-33-46(60)57-41(21-12-13-28-53)49(61)58-42(22-14-29-56-52(54)55)50(62)59-43(31-35(3)4)51(63)66-32-36-15-6-5-7-16-36;;/h5-11,15-20,23-26,34-35,41-43H,12-14,21-22,27-33,53H2,1-4H3,(H,57,60)(H,58,61)(H,59,62)(H4,54,55,56);2*1H/t41-,42+,43-;;/m1../s1. The summed E-state index contributed by atoms with van der Waals surface area (Å²) in [5, 5.41) is 12.4. The summed E-state index contributed by atoms with van der Waals surface area (Å²) >= 11 is 0. The summed E-state index contributed by atoms with van der Waals surface area (Å²) in [6, 6.07) is 30.0. The van der Waals surface area contributed by atoms with E-state index in [1.54, 1.807) is 0 Å². The highest BCUT2D eigenvalue weighted by molar-refractivity contribution is 6.10. The fourth-order valence-corrected chi connectivity index (χ4v) is 7.64. The lowest BCUT2D eigenvalue weighted by atomic mass is 9.92. The van der Waals surface area contributed by atoms with Crippen molar-refractivity contribution in [1.29, 1.82) is 0 Å². The Morgan fingerprint density at radius 2 is 1.15 bits per heavy atom. The lowest BCUT2D eigenvalue weighted by Crippen LogP contribution is -2.56. The molecule has 3 atom stereocenters. The van der Waals surface area contributed by atoms with Crippen LogP contribution in [-0.4, -0.2) is 74.1 Å². The number of aliphatic imine (C=N–C) groups is 1. The highest BCUT2D eigenvalue weighted by Crippen LogP contribution is 2.45. The van der Waals surface area contributed by atoms with Crippen molar-refractivity contribution in [3.63, 3.8) is 0 Å². The highest BCUT2D eigenvalue weighted by atomic mass is 35.5. The van der Waals surface area contributed by atoms with Crippen molar-refractivity contribution < 1.29 is 33.4 Å². The third-order valence-corrected chi connectivity index (χ3v) is 11.1. The minimum atomic E-state index is -1.11. The first-order chi connectivity index (χ1) is 31.8. The molecule has 14 nitrogen and oxygen atoms in total. The average molecular weight is 975 g/mol. The number of carbonyl (C=O) groups excluding carboxylic acids is 4. The fraction of sp³-hybridized carbons (Fsp3) is 0.404. The van der Waals surface area contributed by atoms with Crippen LogP contribution in [0.3, 0.4) is 0 Å². The first-order valence-corrected chi connectivity index (χ1v) is 23.0. The Morgan fingerprint density at radius 1 is 0.603 bits per heavy atom. The van der Waals surface area contributed by atoms with Crippen LogP contribution >= 0.6 is 24.8 Å². The third-order valence-electron chi connectivity index (χ3n) is 11.1. The number of benzene rings is 5. The number of ether oxygens (including phenoxy) is 3. The molecule has 0 aromatic heterocycles. The summed E-state index contributed by atoms with van der Waals surface area (Å²) in [7, 11) is 0. The van der Waals surface area contributed by atoms with Gasteiger partial charge in [0.25, 0.3) is 5.91 Å². The van der Waals surface area contributed by atoms with Gasteiger partial charge in [-0.25, -0.2) is 4.79 Å². The van der Waals surface area contributed by atoms with Crippen LogP contribution in [0.1, 0.15) is 78.2 Å². The monoisotopic (exact) mass is 973 g/mol. The molecule has 5 aromatic carbocycles. The lowest BCUT2D eigenvalue weighted by Gasteiger charge is -2.26. The predicted molar refractivity (Wildman–Crippen MR) is 276 cm³/mol. The Labute approximate surface area is 412 Å². The van der Waals surface area contributed by atoms with Gasteiger partial charge in [-0.05, 0) is 103 Å². The van der Waals surface area contributed by atoms with E-state index in [4.69, 9.17) is 31.4 Å². The SMILES string of the molecule is CC(C)CCOc1ccc2ccccc2c1-c1c(OCC(=O)N[C@H](CCCCN)C(=O)N[C@@H](CCCN=C(N)N)C(=O)N[C@H](CC(C)C)C(=O)OCc2ccccc2)ccc2ccccc12.Cl.Cl. The van der Waals surface area contributed by atoms with E-state index in [-0.39, 0.29) is 62.7 Å². The first kappa shape index (κ1) is 56.2. The van der Waals surface area contributed by atoms with Crippen molar-refractivity contribution in [3.8, 4) is 22.6 Å². The quantitative estimate of drug-likeness (QED) is 0.0137. The maximum atomic E-state index is 14.2. The van der Waals surface area contributed by atoms with Crippen LogP contribution in [0.25, 0.3) is 32.7 Å². The molecule has 0 radical (unpaired) electrons. The van der Waals surface area contributed by atoms with Gasteiger partial charge in [-0.2, -0.15) is 0 Å². The molecule has 5 rings (SSSR count). The van der Waals surface area contributed by atoms with Gasteiger partial charge >= 0.3 is 5.97 Å². The molecule has 0 aliphatic carbocycles. The predicted octanol–water partition coefficient (Wildman–Crippen LogP) is 7.73. The zero-order valence-electron chi connectivity index (χ0n) is 39.5. The summed E-state index contributed by atoms with van der Waals surface area (Å²) in [6.07, 6.45) is 3.01. The summed E-state index contributed by atoms with van der Waals surface area (Å²) < 4.78 is 18.5. The lowest BCUT2D eigenvalue weighted by molar-refractivity contribution is -0.150. The van der Waals surface area contributed by atoms with E-state index in [0.717, 1.165) is 44.7 Å². The van der Waals surface area contributed by atoms with Crippen LogP contribution in [0.5, 0.6) is 11.5 Å². The normalized spacial score (nSPS) is 12.2. The largest absolute Gasteiger partial charge is 0.493 e. The smallest absolute Gasteiger partial charge is 0.328 e. The van der Waals surface area contributed by atoms with E-state index < -0.39 is 48.4 Å². The van der Waals surface area contributed by atoms with Gasteiger partial charge < -0.3 is 47.4 Å². The minimum Gasteiger partial charge on any atom is -0.493 e. The Bertz CT molecular complexity index is 2410. The van der Waals surface area contributed by atoms with E-state index >= 15 is 0 Å². The highest BCUT2D eigenvalue weighted by Gasteiger charge is 2.31. The molecule has 5 aromatic rings. The van der Waals surface area contributed by atoms with Gasteiger partial charge in [-0.3, -0.25) is 19.4 Å². The molecular weight excluding hydrogens is 906 g/mol. The van der Waals surface area contributed by atoms with Gasteiger partial charge in [0.2, 0.25) is 11.8 Å². The van der Waals surface area contributed by atoms with Crippen LogP contribution < -0.4 is 42.6 Å². The van der Waals surface area contributed by atoms with Gasteiger partial charge in [-0.1, -0.05) is 119 Å². The maximum Gasteiger partial charge on any atom is 0.328 e. The van der Waals surface area contributed by atoms with Crippen LogP contribution in [0, 0.1) is 11.8 Å². The van der Waals surface area contributed by atoms with Crippen molar-refractivity contribution in [2.75, 3.05) is 26.3 Å². The molecule has 0 saturated carbocycles. The van der Waals surface area contributed by atoms with Gasteiger partial charge in [0.15, 0.2) is 12.6 Å². The molecule has 3 amide bonds. The van der Waals surface area contributed by atoms with Crippen molar-refractivity contribution in [1.82, 2.24) is 16.0 Å². The molecule has 0 spiro atoms.